The third-order valence-corrected chi connectivity index (χ3v) is 11.4. The summed E-state index contributed by atoms with van der Waals surface area (Å²) >= 11 is 0. The molecule has 0 bridgehead atoms. The molecule has 0 saturated carbocycles. The highest BCUT2D eigenvalue weighted by Gasteiger charge is 2.21. The Hall–Kier alpha value is -7.68. The molecule has 1 heterocycles. The van der Waals surface area contributed by atoms with Crippen LogP contribution >= 0.6 is 0 Å². The van der Waals surface area contributed by atoms with Gasteiger partial charge < -0.3 is 9.32 Å². The number of rotatable bonds is 7. The van der Waals surface area contributed by atoms with Gasteiger partial charge >= 0.3 is 0 Å². The lowest BCUT2D eigenvalue weighted by atomic mass is 9.93. The smallest absolute Gasteiger partial charge is 0.159 e. The van der Waals surface area contributed by atoms with E-state index in [1.807, 2.05) is 12.1 Å². The fourth-order valence-electron chi connectivity index (χ4n) is 8.51. The Morgan fingerprint density at radius 1 is 0.293 bits per heavy atom. The Labute approximate surface area is 337 Å². The first kappa shape index (κ1) is 33.6. The van der Waals surface area contributed by atoms with Crippen LogP contribution in [0.3, 0.4) is 0 Å². The third-order valence-electron chi connectivity index (χ3n) is 11.4. The normalized spacial score (nSPS) is 11.4. The van der Waals surface area contributed by atoms with Crippen molar-refractivity contribution in [1.82, 2.24) is 0 Å². The van der Waals surface area contributed by atoms with Crippen molar-refractivity contribution in [3.63, 3.8) is 0 Å². The minimum Gasteiger partial charge on any atom is -0.454 e. The van der Waals surface area contributed by atoms with Crippen LogP contribution in [-0.2, 0) is 0 Å². The van der Waals surface area contributed by atoms with Crippen LogP contribution in [0.1, 0.15) is 0 Å². The van der Waals surface area contributed by atoms with Crippen molar-refractivity contribution in [2.45, 2.75) is 0 Å². The Bertz CT molecular complexity index is 3270. The van der Waals surface area contributed by atoms with Crippen molar-refractivity contribution < 1.29 is 4.42 Å². The van der Waals surface area contributed by atoms with Crippen molar-refractivity contribution in [2.75, 3.05) is 4.90 Å². The van der Waals surface area contributed by atoms with Crippen LogP contribution in [0.25, 0.3) is 88.0 Å². The molecule has 11 aromatic rings. The van der Waals surface area contributed by atoms with E-state index in [4.69, 9.17) is 4.42 Å². The van der Waals surface area contributed by atoms with Crippen molar-refractivity contribution in [3.8, 4) is 44.5 Å². The van der Waals surface area contributed by atoms with Gasteiger partial charge in [0.1, 0.15) is 5.58 Å². The van der Waals surface area contributed by atoms with Gasteiger partial charge in [-0.05, 0) is 121 Å². The van der Waals surface area contributed by atoms with E-state index in [-0.39, 0.29) is 0 Å². The predicted molar refractivity (Wildman–Crippen MR) is 245 cm³/mol. The van der Waals surface area contributed by atoms with Crippen molar-refractivity contribution in [1.29, 1.82) is 0 Å². The van der Waals surface area contributed by atoms with E-state index < -0.39 is 0 Å². The number of nitrogens with zero attached hydrogens (tertiary/aromatic N) is 1. The summed E-state index contributed by atoms with van der Waals surface area (Å²) in [5.41, 5.74) is 14.3. The minimum absolute atomic E-state index is 0.860. The number of hydrogen-bond acceptors (Lipinski definition) is 2. The van der Waals surface area contributed by atoms with Gasteiger partial charge in [0.05, 0.1) is 5.69 Å². The molecule has 10 aromatic carbocycles. The zero-order valence-corrected chi connectivity index (χ0v) is 31.7. The second-order valence-corrected chi connectivity index (χ2v) is 14.9. The van der Waals surface area contributed by atoms with Crippen LogP contribution in [0.15, 0.2) is 229 Å². The number of benzene rings is 10. The van der Waals surface area contributed by atoms with Gasteiger partial charge in [-0.15, -0.1) is 0 Å². The monoisotopic (exact) mass is 739 g/mol. The predicted octanol–water partition coefficient (Wildman–Crippen LogP) is 16.0. The van der Waals surface area contributed by atoms with Gasteiger partial charge in [-0.1, -0.05) is 170 Å². The molecule has 0 aliphatic heterocycles. The lowest BCUT2D eigenvalue weighted by Gasteiger charge is -2.27. The van der Waals surface area contributed by atoms with E-state index in [0.717, 1.165) is 44.6 Å². The Morgan fingerprint density at radius 2 is 0.810 bits per heavy atom. The summed E-state index contributed by atoms with van der Waals surface area (Å²) in [5.74, 6) is 0. The summed E-state index contributed by atoms with van der Waals surface area (Å²) in [7, 11) is 0. The molecule has 1 aromatic heterocycles. The number of fused-ring (bicyclic) bond motifs is 5. The summed E-state index contributed by atoms with van der Waals surface area (Å²) in [6.45, 7) is 0. The van der Waals surface area contributed by atoms with Crippen molar-refractivity contribution in [2.24, 2.45) is 0 Å². The molecule has 0 saturated heterocycles. The largest absolute Gasteiger partial charge is 0.454 e. The highest BCUT2D eigenvalue weighted by atomic mass is 16.3. The second-order valence-electron chi connectivity index (χ2n) is 14.9. The Morgan fingerprint density at radius 3 is 1.52 bits per heavy atom. The molecule has 0 radical (unpaired) electrons. The fourth-order valence-corrected chi connectivity index (χ4v) is 8.51. The van der Waals surface area contributed by atoms with Crippen LogP contribution in [0.4, 0.5) is 17.1 Å². The summed E-state index contributed by atoms with van der Waals surface area (Å²) in [6, 6.07) is 80.7. The topological polar surface area (TPSA) is 16.4 Å². The zero-order chi connectivity index (χ0) is 38.4. The molecule has 0 spiro atoms. The second kappa shape index (κ2) is 14.1. The number of furan rings is 1. The molecule has 0 aliphatic rings. The van der Waals surface area contributed by atoms with E-state index in [0.29, 0.717) is 0 Å². The summed E-state index contributed by atoms with van der Waals surface area (Å²) in [5, 5.41) is 7.17. The lowest BCUT2D eigenvalue weighted by Crippen LogP contribution is -2.10. The molecule has 0 aliphatic carbocycles. The highest BCUT2D eigenvalue weighted by Crippen LogP contribution is 2.45. The quantitative estimate of drug-likeness (QED) is 0.162. The summed E-state index contributed by atoms with van der Waals surface area (Å²) in [4.78, 5) is 2.34. The van der Waals surface area contributed by atoms with Gasteiger partial charge in [-0.3, -0.25) is 0 Å². The van der Waals surface area contributed by atoms with Crippen LogP contribution < -0.4 is 4.90 Å². The molecule has 2 nitrogen and oxygen atoms in total. The van der Waals surface area contributed by atoms with Crippen molar-refractivity contribution >= 4 is 60.5 Å². The van der Waals surface area contributed by atoms with E-state index in [9.17, 15) is 0 Å². The summed E-state index contributed by atoms with van der Waals surface area (Å²) in [6.07, 6.45) is 0. The molecule has 2 heteroatoms. The number of hydrogen-bond donors (Lipinski definition) is 0. The molecule has 0 unspecified atom stereocenters. The maximum absolute atomic E-state index is 6.66. The fraction of sp³-hybridized carbons (Fsp3) is 0. The maximum Gasteiger partial charge on any atom is 0.159 e. The molecular weight excluding hydrogens is 703 g/mol. The third kappa shape index (κ3) is 6.00. The molecule has 11 rings (SSSR count). The molecule has 0 amide bonds. The first-order valence-corrected chi connectivity index (χ1v) is 19.8. The van der Waals surface area contributed by atoms with Crippen LogP contribution in [0.5, 0.6) is 0 Å². The van der Waals surface area contributed by atoms with Gasteiger partial charge in [0.15, 0.2) is 5.58 Å². The SMILES string of the molecule is c1ccc(-c2ccc(N(c3ccc(-c4ccc5cc(-c6ccc7ccccc7c6)ccc5c4)cc3)c3cccc4c3oc3ccccc34)cc2-c2ccccc2)cc1. The summed E-state index contributed by atoms with van der Waals surface area (Å²) < 4.78 is 6.66. The molecule has 0 N–H and O–H groups in total. The molecule has 0 fully saturated rings. The van der Waals surface area contributed by atoms with Crippen LogP contribution in [0, 0.1) is 0 Å². The van der Waals surface area contributed by atoms with Crippen LogP contribution in [-0.4, -0.2) is 0 Å². The van der Waals surface area contributed by atoms with Gasteiger partial charge in [-0.2, -0.15) is 0 Å². The van der Waals surface area contributed by atoms with Crippen molar-refractivity contribution in [3.05, 3.63) is 224 Å². The van der Waals surface area contributed by atoms with E-state index in [2.05, 4.69) is 217 Å². The van der Waals surface area contributed by atoms with Crippen LogP contribution in [0.2, 0.25) is 0 Å². The average molecular weight is 740 g/mol. The van der Waals surface area contributed by atoms with Gasteiger partial charge in [0.2, 0.25) is 0 Å². The molecule has 58 heavy (non-hydrogen) atoms. The molecule has 272 valence electrons. The number of anilines is 3. The van der Waals surface area contributed by atoms with Gasteiger partial charge in [-0.25, -0.2) is 0 Å². The maximum atomic E-state index is 6.66. The highest BCUT2D eigenvalue weighted by molar-refractivity contribution is 6.10. The van der Waals surface area contributed by atoms with E-state index in [1.54, 1.807) is 0 Å². The van der Waals surface area contributed by atoms with E-state index in [1.165, 1.54) is 60.5 Å². The zero-order valence-electron chi connectivity index (χ0n) is 31.7. The Kier molecular flexibility index (Phi) is 8.19. The number of para-hydroxylation sites is 2. The van der Waals surface area contributed by atoms with E-state index >= 15 is 0 Å². The first-order chi connectivity index (χ1) is 28.7. The van der Waals surface area contributed by atoms with Gasteiger partial charge in [0.25, 0.3) is 0 Å². The standard InChI is InChI=1S/C56H37NO/c1-3-13-40(14-4-1)50-33-32-49(37-53(50)41-15-5-2-6-16-41)57(54-20-11-19-52-51-18-9-10-21-55(51)58-56(52)54)48-30-28-39(29-31-48)43-24-25-46-36-47(27-26-45(46)35-43)44-23-22-38-12-7-8-17-42(38)34-44/h1-37H. The minimum atomic E-state index is 0.860. The molecular formula is C56H37NO. The van der Waals surface area contributed by atoms with Gasteiger partial charge in [0, 0.05) is 22.1 Å². The Balaban J connectivity index is 1.01. The first-order valence-electron chi connectivity index (χ1n) is 19.8. The average Bonchev–Trinajstić information content (AvgIpc) is 3.69. The molecule has 0 atom stereocenters. The lowest BCUT2D eigenvalue weighted by molar-refractivity contribution is 0.669.